The summed E-state index contributed by atoms with van der Waals surface area (Å²) in [7, 11) is 0. The third kappa shape index (κ3) is 3.47. The molecule has 1 fully saturated rings. The zero-order valence-corrected chi connectivity index (χ0v) is 8.54. The molecule has 0 saturated heterocycles. The van der Waals surface area contributed by atoms with Crippen molar-refractivity contribution in [2.75, 3.05) is 0 Å². The second-order valence-corrected chi connectivity index (χ2v) is 4.42. The molecule has 0 bridgehead atoms. The van der Waals surface area contributed by atoms with Crippen molar-refractivity contribution in [3.05, 3.63) is 0 Å². The lowest BCUT2D eigenvalue weighted by Gasteiger charge is -2.16. The number of carbonyl (C=O) groups is 1. The summed E-state index contributed by atoms with van der Waals surface area (Å²) >= 11 is 0. The molecule has 1 rings (SSSR count). The largest absolute Gasteiger partial charge is 0.322 e. The molecule has 1 aliphatic rings. The molecule has 0 heterocycles. The van der Waals surface area contributed by atoms with Crippen LogP contribution in [0.1, 0.15) is 45.4 Å². The van der Waals surface area contributed by atoms with Crippen LogP contribution in [-0.4, -0.2) is 12.3 Å². The number of carbonyl (C=O) groups excluding carboxylic acids is 1. The van der Waals surface area contributed by atoms with Crippen LogP contribution in [0, 0.1) is 11.8 Å². The van der Waals surface area contributed by atoms with Crippen molar-refractivity contribution in [3.8, 4) is 0 Å². The fourth-order valence-corrected chi connectivity index (χ4v) is 2.12. The monoisotopic (exact) mass is 183 g/mol. The lowest BCUT2D eigenvalue weighted by atomic mass is 9.92. The molecular formula is C11H21NO. The van der Waals surface area contributed by atoms with Gasteiger partial charge in [0, 0.05) is 0 Å². The highest BCUT2D eigenvalue weighted by atomic mass is 16.1. The van der Waals surface area contributed by atoms with Crippen LogP contribution in [0.25, 0.3) is 0 Å². The minimum absolute atomic E-state index is 0.249. The Balaban J connectivity index is 2.13. The second-order valence-electron chi connectivity index (χ2n) is 4.42. The van der Waals surface area contributed by atoms with Crippen molar-refractivity contribution in [3.63, 3.8) is 0 Å². The van der Waals surface area contributed by atoms with Crippen LogP contribution in [0.2, 0.25) is 0 Å². The molecule has 0 spiro atoms. The van der Waals surface area contributed by atoms with E-state index >= 15 is 0 Å². The summed E-state index contributed by atoms with van der Waals surface area (Å²) in [6.45, 7) is 2.08. The Morgan fingerprint density at radius 3 is 2.62 bits per heavy atom. The fraction of sp³-hybridized carbons (Fsp3) is 0.909. The maximum Gasteiger partial charge on any atom is 0.136 e. The van der Waals surface area contributed by atoms with Crippen LogP contribution >= 0.6 is 0 Å². The molecule has 2 unspecified atom stereocenters. The van der Waals surface area contributed by atoms with E-state index in [9.17, 15) is 4.79 Å². The molecule has 0 aromatic rings. The highest BCUT2D eigenvalue weighted by Gasteiger charge is 2.18. The molecule has 2 heteroatoms. The van der Waals surface area contributed by atoms with Crippen LogP contribution in [0.5, 0.6) is 0 Å². The smallest absolute Gasteiger partial charge is 0.136 e. The summed E-state index contributed by atoms with van der Waals surface area (Å²) in [6.07, 6.45) is 8.84. The van der Waals surface area contributed by atoms with Crippen molar-refractivity contribution in [2.24, 2.45) is 17.6 Å². The van der Waals surface area contributed by atoms with Gasteiger partial charge in [0.05, 0.1) is 6.04 Å². The lowest BCUT2D eigenvalue weighted by molar-refractivity contribution is -0.109. The number of aldehydes is 1. The van der Waals surface area contributed by atoms with Crippen LogP contribution in [0.15, 0.2) is 0 Å². The third-order valence-corrected chi connectivity index (χ3v) is 3.32. The van der Waals surface area contributed by atoms with Gasteiger partial charge in [-0.2, -0.15) is 0 Å². The zero-order valence-electron chi connectivity index (χ0n) is 8.54. The molecule has 1 aliphatic carbocycles. The Bertz CT molecular complexity index is 152. The van der Waals surface area contributed by atoms with E-state index in [2.05, 4.69) is 6.92 Å². The molecule has 2 N–H and O–H groups in total. The molecule has 1 saturated carbocycles. The second kappa shape index (κ2) is 5.38. The van der Waals surface area contributed by atoms with Crippen LogP contribution in [-0.2, 0) is 4.79 Å². The molecule has 0 amide bonds. The molecule has 0 aromatic carbocycles. The van der Waals surface area contributed by atoms with Gasteiger partial charge >= 0.3 is 0 Å². The summed E-state index contributed by atoms with van der Waals surface area (Å²) in [5.41, 5.74) is 5.63. The molecule has 13 heavy (non-hydrogen) atoms. The number of hydrogen-bond donors (Lipinski definition) is 1. The van der Waals surface area contributed by atoms with E-state index in [1.54, 1.807) is 0 Å². The first-order chi connectivity index (χ1) is 6.24. The maximum atomic E-state index is 10.4. The molecule has 0 radical (unpaired) electrons. The maximum absolute atomic E-state index is 10.4. The lowest BCUT2D eigenvalue weighted by Crippen LogP contribution is -2.29. The predicted molar refractivity (Wildman–Crippen MR) is 54.4 cm³/mol. The van der Waals surface area contributed by atoms with E-state index in [0.717, 1.165) is 18.6 Å². The standard InChI is InChI=1S/C11H21NO/c1-9(11(12)8-13)6-7-10-4-2-3-5-10/h8-11H,2-7,12H2,1H3. The van der Waals surface area contributed by atoms with Gasteiger partial charge in [-0.05, 0) is 18.3 Å². The van der Waals surface area contributed by atoms with Crippen LogP contribution < -0.4 is 5.73 Å². The minimum Gasteiger partial charge on any atom is -0.322 e. The Morgan fingerprint density at radius 2 is 2.08 bits per heavy atom. The summed E-state index contributed by atoms with van der Waals surface area (Å²) < 4.78 is 0. The topological polar surface area (TPSA) is 43.1 Å². The van der Waals surface area contributed by atoms with Gasteiger partial charge in [0.15, 0.2) is 0 Å². The highest BCUT2D eigenvalue weighted by molar-refractivity contribution is 5.57. The molecule has 2 atom stereocenters. The predicted octanol–water partition coefficient (Wildman–Crippen LogP) is 2.12. The molecule has 2 nitrogen and oxygen atoms in total. The van der Waals surface area contributed by atoms with Crippen molar-refractivity contribution in [1.82, 2.24) is 0 Å². The molecule has 0 aliphatic heterocycles. The Morgan fingerprint density at radius 1 is 1.46 bits per heavy atom. The van der Waals surface area contributed by atoms with Gasteiger partial charge < -0.3 is 10.5 Å². The van der Waals surface area contributed by atoms with E-state index in [1.807, 2.05) is 0 Å². The van der Waals surface area contributed by atoms with Gasteiger partial charge in [-0.1, -0.05) is 39.0 Å². The Kier molecular flexibility index (Phi) is 4.43. The average molecular weight is 183 g/mol. The minimum atomic E-state index is -0.249. The summed E-state index contributed by atoms with van der Waals surface area (Å²) in [4.78, 5) is 10.4. The van der Waals surface area contributed by atoms with E-state index in [4.69, 9.17) is 5.73 Å². The Labute approximate surface area is 80.9 Å². The number of rotatable bonds is 5. The van der Waals surface area contributed by atoms with Gasteiger partial charge in [-0.3, -0.25) is 0 Å². The first-order valence-electron chi connectivity index (χ1n) is 5.45. The SMILES string of the molecule is CC(CCC1CCCC1)C(N)C=O. The molecular weight excluding hydrogens is 162 g/mol. The van der Waals surface area contributed by atoms with Crippen molar-refractivity contribution in [1.29, 1.82) is 0 Å². The summed E-state index contributed by atoms with van der Waals surface area (Å²) in [5.74, 6) is 1.28. The van der Waals surface area contributed by atoms with Crippen molar-refractivity contribution >= 4 is 6.29 Å². The summed E-state index contributed by atoms with van der Waals surface area (Å²) in [5, 5.41) is 0. The zero-order chi connectivity index (χ0) is 9.68. The Hall–Kier alpha value is -0.370. The van der Waals surface area contributed by atoms with Gasteiger partial charge in [-0.25, -0.2) is 0 Å². The van der Waals surface area contributed by atoms with E-state index in [-0.39, 0.29) is 6.04 Å². The van der Waals surface area contributed by atoms with Gasteiger partial charge in [-0.15, -0.1) is 0 Å². The normalized spacial score (nSPS) is 22.9. The third-order valence-electron chi connectivity index (χ3n) is 3.32. The number of nitrogens with two attached hydrogens (primary N) is 1. The summed E-state index contributed by atoms with van der Waals surface area (Å²) in [6, 6.07) is -0.249. The first kappa shape index (κ1) is 10.7. The van der Waals surface area contributed by atoms with Crippen LogP contribution in [0.4, 0.5) is 0 Å². The highest BCUT2D eigenvalue weighted by Crippen LogP contribution is 2.29. The fourth-order valence-electron chi connectivity index (χ4n) is 2.12. The molecule has 76 valence electrons. The molecule has 0 aromatic heterocycles. The van der Waals surface area contributed by atoms with Gasteiger partial charge in [0.25, 0.3) is 0 Å². The number of hydrogen-bond acceptors (Lipinski definition) is 2. The van der Waals surface area contributed by atoms with Crippen LogP contribution in [0.3, 0.4) is 0 Å². The van der Waals surface area contributed by atoms with E-state index in [1.165, 1.54) is 32.1 Å². The quantitative estimate of drug-likeness (QED) is 0.663. The first-order valence-corrected chi connectivity index (χ1v) is 5.45. The van der Waals surface area contributed by atoms with Crippen molar-refractivity contribution in [2.45, 2.75) is 51.5 Å². The van der Waals surface area contributed by atoms with Crippen molar-refractivity contribution < 1.29 is 4.79 Å². The van der Waals surface area contributed by atoms with E-state index < -0.39 is 0 Å². The van der Waals surface area contributed by atoms with E-state index in [0.29, 0.717) is 5.92 Å². The van der Waals surface area contributed by atoms with Gasteiger partial charge in [0.2, 0.25) is 0 Å². The average Bonchev–Trinajstić information content (AvgIpc) is 2.65. The van der Waals surface area contributed by atoms with Gasteiger partial charge in [0.1, 0.15) is 6.29 Å².